The lowest BCUT2D eigenvalue weighted by Crippen LogP contribution is -2.43. The fourth-order valence-electron chi connectivity index (χ4n) is 1.58. The van der Waals surface area contributed by atoms with Crippen LogP contribution < -0.4 is 15.4 Å². The average Bonchev–Trinajstić information content (AvgIpc) is 2.38. The Balaban J connectivity index is 2.33. The van der Waals surface area contributed by atoms with Gasteiger partial charge in [0.2, 0.25) is 5.91 Å². The van der Waals surface area contributed by atoms with Crippen molar-refractivity contribution < 1.29 is 9.53 Å². The molecule has 0 bridgehead atoms. The van der Waals surface area contributed by atoms with Crippen molar-refractivity contribution in [3.8, 4) is 5.75 Å². The maximum atomic E-state index is 11.7. The average molecular weight is 264 g/mol. The molecule has 1 aromatic rings. The Morgan fingerprint density at radius 2 is 1.95 bits per heavy atom. The molecule has 0 heterocycles. The first-order valence-corrected chi connectivity index (χ1v) is 6.83. The van der Waals surface area contributed by atoms with Gasteiger partial charge >= 0.3 is 0 Å². The maximum absolute atomic E-state index is 11.7. The highest BCUT2D eigenvalue weighted by Gasteiger charge is 2.11. The van der Waals surface area contributed by atoms with Gasteiger partial charge in [0, 0.05) is 6.42 Å². The lowest BCUT2D eigenvalue weighted by Gasteiger charge is -2.19. The van der Waals surface area contributed by atoms with Crippen LogP contribution in [0.1, 0.15) is 27.2 Å². The van der Waals surface area contributed by atoms with Crippen LogP contribution >= 0.6 is 0 Å². The molecule has 0 aliphatic carbocycles. The topological polar surface area (TPSA) is 50.4 Å². The van der Waals surface area contributed by atoms with E-state index in [1.165, 1.54) is 0 Å². The first-order valence-electron chi connectivity index (χ1n) is 6.83. The molecule has 2 N–H and O–H groups in total. The zero-order valence-electron chi connectivity index (χ0n) is 12.0. The summed E-state index contributed by atoms with van der Waals surface area (Å²) in [5.74, 6) is 1.27. The van der Waals surface area contributed by atoms with Gasteiger partial charge in [-0.2, -0.15) is 0 Å². The minimum absolute atomic E-state index is 0.0385. The molecule has 0 saturated carbocycles. The molecule has 4 nitrogen and oxygen atoms in total. The van der Waals surface area contributed by atoms with Gasteiger partial charge in [-0.15, -0.1) is 0 Å². The number of hydrogen-bond donors (Lipinski definition) is 2. The summed E-state index contributed by atoms with van der Waals surface area (Å²) in [6.07, 6.45) is 0.445. The van der Waals surface area contributed by atoms with Crippen molar-refractivity contribution in [3.05, 3.63) is 30.3 Å². The third-order valence-electron chi connectivity index (χ3n) is 2.55. The highest BCUT2D eigenvalue weighted by atomic mass is 16.5. The second-order valence-corrected chi connectivity index (χ2v) is 4.92. The molecule has 0 aliphatic heterocycles. The number of para-hydroxylation sites is 1. The molecule has 0 spiro atoms. The summed E-state index contributed by atoms with van der Waals surface area (Å²) in [6, 6.07) is 9.52. The molecule has 0 aliphatic rings. The van der Waals surface area contributed by atoms with E-state index in [4.69, 9.17) is 4.74 Å². The number of hydrogen-bond acceptors (Lipinski definition) is 3. The minimum Gasteiger partial charge on any atom is -0.471 e. The second-order valence-electron chi connectivity index (χ2n) is 4.92. The second kappa shape index (κ2) is 8.53. The molecule has 0 saturated heterocycles. The molecule has 1 amide bonds. The maximum Gasteiger partial charge on any atom is 0.236 e. The van der Waals surface area contributed by atoms with Crippen LogP contribution in [0.5, 0.6) is 5.75 Å². The van der Waals surface area contributed by atoms with Gasteiger partial charge < -0.3 is 15.4 Å². The number of carbonyl (C=O) groups is 1. The predicted octanol–water partition coefficient (Wildman–Crippen LogP) is 2.16. The quantitative estimate of drug-likeness (QED) is 0.707. The molecule has 0 radical (unpaired) electrons. The lowest BCUT2D eigenvalue weighted by atomic mass is 10.2. The number of benzene rings is 1. The Bertz CT molecular complexity index is 366. The normalized spacial score (nSPS) is 12.2. The van der Waals surface area contributed by atoms with Crippen LogP contribution in [0.15, 0.2) is 30.3 Å². The summed E-state index contributed by atoms with van der Waals surface area (Å²) >= 11 is 0. The van der Waals surface area contributed by atoms with E-state index in [2.05, 4.69) is 24.5 Å². The molecule has 4 heteroatoms. The van der Waals surface area contributed by atoms with Crippen molar-refractivity contribution in [2.45, 2.75) is 33.4 Å². The van der Waals surface area contributed by atoms with E-state index in [9.17, 15) is 4.79 Å². The number of carbonyl (C=O) groups excluding carboxylic acids is 1. The summed E-state index contributed by atoms with van der Waals surface area (Å²) in [5, 5.41) is 5.98. The zero-order chi connectivity index (χ0) is 14.1. The van der Waals surface area contributed by atoms with Gasteiger partial charge in [0.05, 0.1) is 6.54 Å². The van der Waals surface area contributed by atoms with E-state index < -0.39 is 0 Å². The van der Waals surface area contributed by atoms with Crippen LogP contribution in [-0.2, 0) is 4.79 Å². The van der Waals surface area contributed by atoms with Crippen LogP contribution in [0.25, 0.3) is 0 Å². The number of nitrogens with one attached hydrogen (secondary N) is 2. The Hall–Kier alpha value is -1.55. The van der Waals surface area contributed by atoms with E-state index in [-0.39, 0.29) is 12.1 Å². The summed E-state index contributed by atoms with van der Waals surface area (Å²) in [6.45, 7) is 7.36. The van der Waals surface area contributed by atoms with Crippen LogP contribution in [-0.4, -0.2) is 25.2 Å². The van der Waals surface area contributed by atoms with Crippen molar-refractivity contribution in [3.63, 3.8) is 0 Å². The van der Waals surface area contributed by atoms with Crippen LogP contribution in [0.3, 0.4) is 0 Å². The lowest BCUT2D eigenvalue weighted by molar-refractivity contribution is -0.122. The van der Waals surface area contributed by atoms with Gasteiger partial charge in [0.25, 0.3) is 0 Å². The third-order valence-corrected chi connectivity index (χ3v) is 2.55. The highest BCUT2D eigenvalue weighted by Crippen LogP contribution is 2.11. The summed E-state index contributed by atoms with van der Waals surface area (Å²) < 4.78 is 5.70. The minimum atomic E-state index is -0.282. The molecular weight excluding hydrogens is 240 g/mol. The fourth-order valence-corrected chi connectivity index (χ4v) is 1.58. The van der Waals surface area contributed by atoms with Crippen molar-refractivity contribution in [1.82, 2.24) is 10.6 Å². The van der Waals surface area contributed by atoms with E-state index in [1.807, 2.05) is 37.3 Å². The Kier molecular flexibility index (Phi) is 6.97. The molecule has 1 atom stereocenters. The monoisotopic (exact) mass is 264 g/mol. The molecule has 0 fully saturated rings. The summed E-state index contributed by atoms with van der Waals surface area (Å²) in [5.41, 5.74) is 0. The van der Waals surface area contributed by atoms with Gasteiger partial charge in [-0.3, -0.25) is 4.79 Å². The number of rotatable bonds is 8. The molecular formula is C15H24N2O2. The van der Waals surface area contributed by atoms with Crippen molar-refractivity contribution in [2.24, 2.45) is 5.92 Å². The molecule has 1 unspecified atom stereocenters. The SMILES string of the molecule is CCC(NC(=O)CNCC(C)C)Oc1ccccc1. The van der Waals surface area contributed by atoms with Crippen molar-refractivity contribution in [2.75, 3.05) is 13.1 Å². The Morgan fingerprint density at radius 1 is 1.26 bits per heavy atom. The largest absolute Gasteiger partial charge is 0.471 e. The van der Waals surface area contributed by atoms with E-state index in [1.54, 1.807) is 0 Å². The number of ether oxygens (including phenoxy) is 1. The predicted molar refractivity (Wildman–Crippen MR) is 77.0 cm³/mol. The van der Waals surface area contributed by atoms with Gasteiger partial charge in [-0.05, 0) is 24.6 Å². The Morgan fingerprint density at radius 3 is 2.53 bits per heavy atom. The van der Waals surface area contributed by atoms with Gasteiger partial charge in [0.1, 0.15) is 5.75 Å². The van der Waals surface area contributed by atoms with E-state index >= 15 is 0 Å². The molecule has 106 valence electrons. The van der Waals surface area contributed by atoms with E-state index in [0.29, 0.717) is 12.5 Å². The molecule has 1 aromatic carbocycles. The molecule has 19 heavy (non-hydrogen) atoms. The molecule has 1 rings (SSSR count). The standard InChI is InChI=1S/C15H24N2O2/c1-4-15(19-13-8-6-5-7-9-13)17-14(18)11-16-10-12(2)3/h5-9,12,15-16H,4,10-11H2,1-3H3,(H,17,18). The summed E-state index contributed by atoms with van der Waals surface area (Å²) in [7, 11) is 0. The van der Waals surface area contributed by atoms with Crippen LogP contribution in [0.4, 0.5) is 0 Å². The Labute approximate surface area is 115 Å². The first kappa shape index (κ1) is 15.5. The highest BCUT2D eigenvalue weighted by molar-refractivity contribution is 5.78. The van der Waals surface area contributed by atoms with E-state index in [0.717, 1.165) is 18.7 Å². The van der Waals surface area contributed by atoms with Crippen LogP contribution in [0.2, 0.25) is 0 Å². The third kappa shape index (κ3) is 6.82. The number of amides is 1. The van der Waals surface area contributed by atoms with Crippen LogP contribution in [0, 0.1) is 5.92 Å². The fraction of sp³-hybridized carbons (Fsp3) is 0.533. The van der Waals surface area contributed by atoms with Gasteiger partial charge in [-0.1, -0.05) is 39.0 Å². The molecule has 0 aromatic heterocycles. The van der Waals surface area contributed by atoms with Gasteiger partial charge in [0.15, 0.2) is 6.23 Å². The smallest absolute Gasteiger partial charge is 0.236 e. The first-order chi connectivity index (χ1) is 9.11. The summed E-state index contributed by atoms with van der Waals surface area (Å²) in [4.78, 5) is 11.7. The van der Waals surface area contributed by atoms with Gasteiger partial charge in [-0.25, -0.2) is 0 Å². The zero-order valence-corrected chi connectivity index (χ0v) is 12.0. The van der Waals surface area contributed by atoms with Crippen molar-refractivity contribution >= 4 is 5.91 Å². The van der Waals surface area contributed by atoms with Crippen molar-refractivity contribution in [1.29, 1.82) is 0 Å².